The van der Waals surface area contributed by atoms with Crippen molar-refractivity contribution in [2.24, 2.45) is 5.41 Å². The SMILES string of the molecule is CO[C@@H]1CCN(C(C)(C)C)[C@@H]1C(C)(C)C. The minimum Gasteiger partial charge on any atom is -0.380 e. The fraction of sp³-hybridized carbons (Fsp3) is 1.00. The van der Waals surface area contributed by atoms with Crippen molar-refractivity contribution in [1.29, 1.82) is 0 Å². The molecule has 0 aromatic rings. The standard InChI is InChI=1S/C13H27NO/c1-12(2,3)11-10(15-7)8-9-14(11)13(4,5)6/h10-11H,8-9H2,1-7H3/t10-,11+/m1/s1. The summed E-state index contributed by atoms with van der Waals surface area (Å²) in [5.41, 5.74) is 0.523. The number of rotatable bonds is 1. The summed E-state index contributed by atoms with van der Waals surface area (Å²) in [6.07, 6.45) is 1.56. The monoisotopic (exact) mass is 213 g/mol. The van der Waals surface area contributed by atoms with E-state index in [1.165, 1.54) is 0 Å². The maximum absolute atomic E-state index is 5.63. The van der Waals surface area contributed by atoms with Crippen LogP contribution >= 0.6 is 0 Å². The van der Waals surface area contributed by atoms with Crippen molar-refractivity contribution < 1.29 is 4.74 Å². The molecule has 1 aliphatic rings. The summed E-state index contributed by atoms with van der Waals surface area (Å²) in [4.78, 5) is 2.60. The summed E-state index contributed by atoms with van der Waals surface area (Å²) in [6, 6.07) is 0.530. The first-order valence-electron chi connectivity index (χ1n) is 5.97. The normalized spacial score (nSPS) is 29.8. The van der Waals surface area contributed by atoms with E-state index < -0.39 is 0 Å². The van der Waals surface area contributed by atoms with E-state index in [-0.39, 0.29) is 11.0 Å². The van der Waals surface area contributed by atoms with Crippen LogP contribution in [-0.4, -0.2) is 36.2 Å². The number of hydrogen-bond donors (Lipinski definition) is 0. The largest absolute Gasteiger partial charge is 0.380 e. The van der Waals surface area contributed by atoms with Crippen LogP contribution in [0.4, 0.5) is 0 Å². The summed E-state index contributed by atoms with van der Waals surface area (Å²) in [6.45, 7) is 15.0. The Hall–Kier alpha value is -0.0800. The highest BCUT2D eigenvalue weighted by molar-refractivity contribution is 4.99. The van der Waals surface area contributed by atoms with Gasteiger partial charge in [-0.1, -0.05) is 20.8 Å². The van der Waals surface area contributed by atoms with E-state index in [9.17, 15) is 0 Å². The molecule has 15 heavy (non-hydrogen) atoms. The van der Waals surface area contributed by atoms with Crippen LogP contribution in [0, 0.1) is 5.41 Å². The lowest BCUT2D eigenvalue weighted by molar-refractivity contribution is -0.0157. The van der Waals surface area contributed by atoms with Gasteiger partial charge in [0.25, 0.3) is 0 Å². The maximum Gasteiger partial charge on any atom is 0.0743 e. The number of methoxy groups -OCH3 is 1. The van der Waals surface area contributed by atoms with Crippen molar-refractivity contribution in [2.75, 3.05) is 13.7 Å². The summed E-state index contributed by atoms with van der Waals surface area (Å²) < 4.78 is 5.63. The van der Waals surface area contributed by atoms with Gasteiger partial charge in [-0.05, 0) is 32.6 Å². The summed E-state index contributed by atoms with van der Waals surface area (Å²) in [5.74, 6) is 0. The van der Waals surface area contributed by atoms with Crippen LogP contribution in [0.5, 0.6) is 0 Å². The smallest absolute Gasteiger partial charge is 0.0743 e. The molecule has 90 valence electrons. The van der Waals surface area contributed by atoms with Gasteiger partial charge in [0.1, 0.15) is 0 Å². The van der Waals surface area contributed by atoms with E-state index >= 15 is 0 Å². The number of nitrogens with zero attached hydrogens (tertiary/aromatic N) is 1. The zero-order valence-corrected chi connectivity index (χ0v) is 11.4. The molecule has 0 aromatic carbocycles. The molecule has 1 aliphatic heterocycles. The van der Waals surface area contributed by atoms with Gasteiger partial charge < -0.3 is 4.74 Å². The first-order valence-corrected chi connectivity index (χ1v) is 5.97. The molecule has 2 heteroatoms. The van der Waals surface area contributed by atoms with Crippen LogP contribution in [0.2, 0.25) is 0 Å². The highest BCUT2D eigenvalue weighted by Gasteiger charge is 2.45. The molecular formula is C13H27NO. The summed E-state index contributed by atoms with van der Waals surface area (Å²) in [5, 5.41) is 0. The first kappa shape index (κ1) is 13.0. The van der Waals surface area contributed by atoms with Gasteiger partial charge in [0.2, 0.25) is 0 Å². The van der Waals surface area contributed by atoms with Gasteiger partial charge in [-0.25, -0.2) is 0 Å². The summed E-state index contributed by atoms with van der Waals surface area (Å²) in [7, 11) is 1.84. The molecule has 0 N–H and O–H groups in total. The molecule has 0 spiro atoms. The number of likely N-dealkylation sites (tertiary alicyclic amines) is 1. The fourth-order valence-corrected chi connectivity index (χ4v) is 2.79. The topological polar surface area (TPSA) is 12.5 Å². The molecule has 0 aromatic heterocycles. The van der Waals surface area contributed by atoms with Crippen molar-refractivity contribution in [1.82, 2.24) is 4.90 Å². The maximum atomic E-state index is 5.63. The third-order valence-corrected chi connectivity index (χ3v) is 3.39. The van der Waals surface area contributed by atoms with Crippen LogP contribution in [0.25, 0.3) is 0 Å². The molecule has 0 radical (unpaired) electrons. The predicted molar refractivity (Wildman–Crippen MR) is 65.1 cm³/mol. The molecule has 1 fully saturated rings. The van der Waals surface area contributed by atoms with Gasteiger partial charge >= 0.3 is 0 Å². The Morgan fingerprint density at radius 1 is 1.07 bits per heavy atom. The van der Waals surface area contributed by atoms with Crippen molar-refractivity contribution in [2.45, 2.75) is 65.6 Å². The first-order chi connectivity index (χ1) is 6.68. The molecular weight excluding hydrogens is 186 g/mol. The second kappa shape index (κ2) is 4.06. The van der Waals surface area contributed by atoms with Gasteiger partial charge in [0, 0.05) is 25.2 Å². The zero-order chi connectivity index (χ0) is 11.9. The Balaban J connectivity index is 2.92. The van der Waals surface area contributed by atoms with Crippen LogP contribution in [-0.2, 0) is 4.74 Å². The predicted octanol–water partition coefficient (Wildman–Crippen LogP) is 2.92. The highest BCUT2D eigenvalue weighted by Crippen LogP contribution is 2.38. The second-order valence-electron chi connectivity index (χ2n) is 6.74. The molecule has 0 bridgehead atoms. The summed E-state index contributed by atoms with van der Waals surface area (Å²) >= 11 is 0. The van der Waals surface area contributed by atoms with Crippen LogP contribution < -0.4 is 0 Å². The Kier molecular flexibility index (Phi) is 3.52. The van der Waals surface area contributed by atoms with E-state index in [4.69, 9.17) is 4.74 Å². The molecule has 2 nitrogen and oxygen atoms in total. The molecule has 1 heterocycles. The zero-order valence-electron chi connectivity index (χ0n) is 11.4. The van der Waals surface area contributed by atoms with Gasteiger partial charge in [0.15, 0.2) is 0 Å². The Morgan fingerprint density at radius 3 is 1.93 bits per heavy atom. The average Bonchev–Trinajstić information content (AvgIpc) is 2.44. The molecule has 0 unspecified atom stereocenters. The van der Waals surface area contributed by atoms with Gasteiger partial charge in [-0.15, -0.1) is 0 Å². The number of hydrogen-bond acceptors (Lipinski definition) is 2. The fourth-order valence-electron chi connectivity index (χ4n) is 2.79. The van der Waals surface area contributed by atoms with Gasteiger partial charge in [-0.3, -0.25) is 4.90 Å². The second-order valence-corrected chi connectivity index (χ2v) is 6.74. The Bertz CT molecular complexity index is 212. The number of ether oxygens (including phenoxy) is 1. The van der Waals surface area contributed by atoms with Crippen LogP contribution in [0.3, 0.4) is 0 Å². The van der Waals surface area contributed by atoms with E-state index in [0.29, 0.717) is 12.1 Å². The molecule has 0 aliphatic carbocycles. The van der Waals surface area contributed by atoms with Crippen LogP contribution in [0.1, 0.15) is 48.0 Å². The van der Waals surface area contributed by atoms with E-state index in [1.54, 1.807) is 0 Å². The van der Waals surface area contributed by atoms with E-state index in [0.717, 1.165) is 13.0 Å². The van der Waals surface area contributed by atoms with Crippen molar-refractivity contribution in [3.63, 3.8) is 0 Å². The van der Waals surface area contributed by atoms with Gasteiger partial charge in [0.05, 0.1) is 6.10 Å². The van der Waals surface area contributed by atoms with E-state index in [2.05, 4.69) is 46.4 Å². The Morgan fingerprint density at radius 2 is 1.60 bits per heavy atom. The molecule has 1 saturated heterocycles. The third kappa shape index (κ3) is 2.73. The highest BCUT2D eigenvalue weighted by atomic mass is 16.5. The minimum atomic E-state index is 0.241. The quantitative estimate of drug-likeness (QED) is 0.664. The van der Waals surface area contributed by atoms with Gasteiger partial charge in [-0.2, -0.15) is 0 Å². The van der Waals surface area contributed by atoms with Crippen molar-refractivity contribution in [3.8, 4) is 0 Å². The van der Waals surface area contributed by atoms with Crippen molar-refractivity contribution in [3.05, 3.63) is 0 Å². The van der Waals surface area contributed by atoms with E-state index in [1.807, 2.05) is 7.11 Å². The lowest BCUT2D eigenvalue weighted by Crippen LogP contribution is -2.53. The average molecular weight is 213 g/mol. The van der Waals surface area contributed by atoms with Crippen molar-refractivity contribution >= 4 is 0 Å². The molecule has 0 saturated carbocycles. The lowest BCUT2D eigenvalue weighted by atomic mass is 9.82. The molecule has 2 atom stereocenters. The minimum absolute atomic E-state index is 0.241. The molecule has 0 amide bonds. The van der Waals surface area contributed by atoms with Crippen LogP contribution in [0.15, 0.2) is 0 Å². The lowest BCUT2D eigenvalue weighted by Gasteiger charge is -2.44. The molecule has 1 rings (SSSR count). The third-order valence-electron chi connectivity index (χ3n) is 3.39. The Labute approximate surface area is 95.0 Å².